The van der Waals surface area contributed by atoms with Crippen LogP contribution in [-0.2, 0) is 0 Å². The minimum absolute atomic E-state index is 0. The van der Waals surface area contributed by atoms with Crippen LogP contribution in [0.3, 0.4) is 0 Å². The number of rotatable bonds is 3. The van der Waals surface area contributed by atoms with Crippen molar-refractivity contribution in [2.24, 2.45) is 0 Å². The van der Waals surface area contributed by atoms with Crippen LogP contribution in [0, 0.1) is 11.3 Å². The molecule has 4 rings (SSSR count). The predicted molar refractivity (Wildman–Crippen MR) is 94.7 cm³/mol. The average molecular weight is 386 g/mol. The van der Waals surface area contributed by atoms with Crippen LogP contribution in [0.15, 0.2) is 55.0 Å². The van der Waals surface area contributed by atoms with Gasteiger partial charge in [-0.2, -0.15) is 5.26 Å². The van der Waals surface area contributed by atoms with Gasteiger partial charge in [-0.25, -0.2) is 15.0 Å². The van der Waals surface area contributed by atoms with E-state index in [-0.39, 0.29) is 58.6 Å². The Hall–Kier alpha value is -1.86. The summed E-state index contributed by atoms with van der Waals surface area (Å²) in [6.45, 7) is 0. The van der Waals surface area contributed by atoms with Crippen molar-refractivity contribution in [3.8, 4) is 33.9 Å². The van der Waals surface area contributed by atoms with Gasteiger partial charge in [0.15, 0.2) is 11.5 Å². The molecule has 0 atom stereocenters. The number of hydrogen-bond acceptors (Lipinski definition) is 7. The van der Waals surface area contributed by atoms with E-state index < -0.39 is 0 Å². The molecule has 26 heavy (non-hydrogen) atoms. The zero-order valence-electron chi connectivity index (χ0n) is 14.7. The molecule has 0 radical (unpaired) electrons. The van der Waals surface area contributed by atoms with Crippen LogP contribution < -0.4 is 56.1 Å². The molecular weight excluding hydrogens is 375 g/mol. The van der Waals surface area contributed by atoms with Gasteiger partial charge >= 0.3 is 51.4 Å². The fraction of sp³-hybridized carbons (Fsp3) is 0. The monoisotopic (exact) mass is 386 g/mol. The van der Waals surface area contributed by atoms with Gasteiger partial charge in [0.25, 0.3) is 0 Å². The van der Waals surface area contributed by atoms with Gasteiger partial charge in [0.1, 0.15) is 33.5 Å². The van der Waals surface area contributed by atoms with Crippen LogP contribution in [0.2, 0.25) is 0 Å². The number of phenols is 1. The van der Waals surface area contributed by atoms with Crippen LogP contribution in [0.4, 0.5) is 0 Å². The Kier molecular flexibility index (Phi) is 5.98. The van der Waals surface area contributed by atoms with E-state index in [9.17, 15) is 10.4 Å². The molecule has 2 heterocycles. The number of fused-ring (bicyclic) bond motifs is 1. The van der Waals surface area contributed by atoms with Gasteiger partial charge in [0.05, 0.1) is 11.8 Å². The summed E-state index contributed by atoms with van der Waals surface area (Å²) in [5.74, 6) is 0.677. The molecule has 2 aromatic carbocycles. The number of aromatic nitrogens is 3. The second-order valence-corrected chi connectivity index (χ2v) is 6.10. The first-order valence-electron chi connectivity index (χ1n) is 7.31. The molecule has 0 aliphatic rings. The van der Waals surface area contributed by atoms with Gasteiger partial charge in [0.2, 0.25) is 0 Å². The molecule has 0 saturated carbocycles. The van der Waals surface area contributed by atoms with Crippen molar-refractivity contribution < 1.29 is 62.7 Å². The minimum atomic E-state index is 0. The summed E-state index contributed by atoms with van der Waals surface area (Å²) in [6.07, 6.45) is 3.14. The van der Waals surface area contributed by atoms with E-state index in [1.165, 1.54) is 23.7 Å². The normalized spacial score (nSPS) is 10.1. The van der Waals surface area contributed by atoms with Crippen molar-refractivity contribution in [3.63, 3.8) is 0 Å². The van der Waals surface area contributed by atoms with Crippen molar-refractivity contribution in [1.82, 2.24) is 15.0 Å². The molecule has 0 spiro atoms. The Morgan fingerprint density at radius 1 is 1.15 bits per heavy atom. The third kappa shape index (κ3) is 3.78. The molecule has 0 unspecified atom stereocenters. The molecule has 6 nitrogen and oxygen atoms in total. The molecule has 0 saturated heterocycles. The van der Waals surface area contributed by atoms with E-state index in [4.69, 9.17) is 4.74 Å². The maximum Gasteiger partial charge on any atom is 1.00 e. The third-order valence-electron chi connectivity index (χ3n) is 3.51. The van der Waals surface area contributed by atoms with Crippen molar-refractivity contribution in [2.45, 2.75) is 0 Å². The topological polar surface area (TPSA) is 91.9 Å². The first-order valence-corrected chi connectivity index (χ1v) is 8.13. The molecule has 4 aromatic rings. The fourth-order valence-electron chi connectivity index (χ4n) is 2.31. The van der Waals surface area contributed by atoms with Crippen LogP contribution in [-0.4, -0.2) is 20.1 Å². The number of aromatic hydroxyl groups is 1. The summed E-state index contributed by atoms with van der Waals surface area (Å²) in [5, 5.41) is 20.0. The molecule has 0 fully saturated rings. The first kappa shape index (κ1) is 18.9. The summed E-state index contributed by atoms with van der Waals surface area (Å²) in [4.78, 5) is 13.4. The van der Waals surface area contributed by atoms with E-state index in [0.717, 1.165) is 20.9 Å². The zero-order valence-corrected chi connectivity index (χ0v) is 17.7. The summed E-state index contributed by atoms with van der Waals surface area (Å²) in [6, 6.07) is 14.0. The maximum absolute atomic E-state index is 9.82. The molecule has 0 aliphatic carbocycles. The number of thiazole rings is 1. The molecule has 1 N–H and O–H groups in total. The van der Waals surface area contributed by atoms with Crippen LogP contribution in [0.1, 0.15) is 6.99 Å². The SMILES string of the molecule is N#Cc1cc(-c2nc3cncnc3s2)ccc1Oc1ccccc1O.[H-].[K+]. The van der Waals surface area contributed by atoms with Crippen LogP contribution in [0.25, 0.3) is 20.9 Å². The van der Waals surface area contributed by atoms with Crippen molar-refractivity contribution in [2.75, 3.05) is 0 Å². The van der Waals surface area contributed by atoms with Gasteiger partial charge in [-0.1, -0.05) is 23.5 Å². The van der Waals surface area contributed by atoms with Crippen molar-refractivity contribution in [3.05, 3.63) is 60.6 Å². The van der Waals surface area contributed by atoms with Crippen molar-refractivity contribution in [1.29, 1.82) is 5.26 Å². The number of hydrogen-bond donors (Lipinski definition) is 1. The van der Waals surface area contributed by atoms with Gasteiger partial charge in [-0.15, -0.1) is 0 Å². The largest absolute Gasteiger partial charge is 1.00 e. The standard InChI is InChI=1S/C18H10N4O2S.K.H/c19-8-12-7-11(17-22-13-9-20-10-21-18(13)25-17)5-6-15(12)24-16-4-2-1-3-14(16)23;;/h1-7,9-10,23H;;/q;+1;-1. The smallest absolute Gasteiger partial charge is 1.00 e. The molecule has 0 amide bonds. The molecule has 2 aromatic heterocycles. The van der Waals surface area contributed by atoms with E-state index in [0.29, 0.717) is 17.1 Å². The van der Waals surface area contributed by atoms with Crippen molar-refractivity contribution >= 4 is 21.7 Å². The number of ether oxygens (including phenoxy) is 1. The average Bonchev–Trinajstić information content (AvgIpc) is 3.08. The molecule has 122 valence electrons. The predicted octanol–water partition coefficient (Wildman–Crippen LogP) is 1.24. The Balaban J connectivity index is 0.00000131. The third-order valence-corrected chi connectivity index (χ3v) is 4.53. The molecule has 8 heteroatoms. The quantitative estimate of drug-likeness (QED) is 0.533. The van der Waals surface area contributed by atoms with E-state index in [2.05, 4.69) is 21.0 Å². The Bertz CT molecular complexity index is 1100. The summed E-state index contributed by atoms with van der Waals surface area (Å²) < 4.78 is 5.67. The maximum atomic E-state index is 9.82. The number of nitriles is 1. The number of para-hydroxylation sites is 2. The first-order chi connectivity index (χ1) is 12.2. The minimum Gasteiger partial charge on any atom is -1.00 e. The zero-order chi connectivity index (χ0) is 17.2. The summed E-state index contributed by atoms with van der Waals surface area (Å²) in [7, 11) is 0. The molecule has 0 bridgehead atoms. The number of benzene rings is 2. The fourth-order valence-corrected chi connectivity index (χ4v) is 3.19. The van der Waals surface area contributed by atoms with E-state index in [1.807, 2.05) is 6.07 Å². The summed E-state index contributed by atoms with van der Waals surface area (Å²) >= 11 is 1.43. The number of nitrogens with zero attached hydrogens (tertiary/aromatic N) is 4. The van der Waals surface area contributed by atoms with Gasteiger partial charge in [-0.05, 0) is 30.3 Å². The van der Waals surface area contributed by atoms with E-state index >= 15 is 0 Å². The molecular formula is C18H11KN4O2S. The molecule has 0 aliphatic heterocycles. The Morgan fingerprint density at radius 3 is 2.77 bits per heavy atom. The van der Waals surface area contributed by atoms with Gasteiger partial charge < -0.3 is 11.3 Å². The van der Waals surface area contributed by atoms with Crippen LogP contribution in [0.5, 0.6) is 17.2 Å². The van der Waals surface area contributed by atoms with Gasteiger partial charge in [0, 0.05) is 5.56 Å². The van der Waals surface area contributed by atoms with E-state index in [1.54, 1.807) is 36.5 Å². The second kappa shape index (κ2) is 8.22. The van der Waals surface area contributed by atoms with Crippen LogP contribution >= 0.6 is 11.3 Å². The Morgan fingerprint density at radius 2 is 2.00 bits per heavy atom. The number of phenolic OH excluding ortho intramolecular Hbond substituents is 1. The summed E-state index contributed by atoms with van der Waals surface area (Å²) in [5.41, 5.74) is 1.87. The second-order valence-electron chi connectivity index (χ2n) is 5.12. The van der Waals surface area contributed by atoms with Gasteiger partial charge in [-0.3, -0.25) is 0 Å². The Labute approximate surface area is 197 Å².